The lowest BCUT2D eigenvalue weighted by molar-refractivity contribution is 0.393. The SMILES string of the molecule is Nc1ccnc(N2CCC(n3ccnc3)CC2)n1. The molecule has 3 rings (SSSR count). The van der Waals surface area contributed by atoms with Crippen LogP contribution in [0.25, 0.3) is 0 Å². The lowest BCUT2D eigenvalue weighted by atomic mass is 10.1. The minimum Gasteiger partial charge on any atom is -0.384 e. The topological polar surface area (TPSA) is 72.9 Å². The first-order valence-corrected chi connectivity index (χ1v) is 6.14. The molecule has 1 fully saturated rings. The third-order valence-corrected chi connectivity index (χ3v) is 3.36. The molecular formula is C12H16N6. The van der Waals surface area contributed by atoms with Crippen LogP contribution in [0.15, 0.2) is 31.0 Å². The average molecular weight is 244 g/mol. The standard InChI is InChI=1S/C12H16N6/c13-11-1-4-15-12(16-11)17-6-2-10(3-7-17)18-8-5-14-9-18/h1,4-5,8-10H,2-3,6-7H2,(H2,13,15,16). The third-order valence-electron chi connectivity index (χ3n) is 3.36. The van der Waals surface area contributed by atoms with Crippen LogP contribution in [0.1, 0.15) is 18.9 Å². The maximum atomic E-state index is 5.68. The van der Waals surface area contributed by atoms with E-state index < -0.39 is 0 Å². The Kier molecular flexibility index (Phi) is 2.84. The van der Waals surface area contributed by atoms with Crippen molar-refractivity contribution in [2.75, 3.05) is 23.7 Å². The van der Waals surface area contributed by atoms with Crippen LogP contribution < -0.4 is 10.6 Å². The maximum absolute atomic E-state index is 5.68. The number of rotatable bonds is 2. The largest absolute Gasteiger partial charge is 0.384 e. The van der Waals surface area contributed by atoms with Gasteiger partial charge in [0.15, 0.2) is 0 Å². The Morgan fingerprint density at radius 3 is 2.72 bits per heavy atom. The molecule has 0 amide bonds. The van der Waals surface area contributed by atoms with E-state index in [1.54, 1.807) is 12.3 Å². The maximum Gasteiger partial charge on any atom is 0.227 e. The van der Waals surface area contributed by atoms with Crippen molar-refractivity contribution in [3.05, 3.63) is 31.0 Å². The van der Waals surface area contributed by atoms with Crippen LogP contribution in [0.2, 0.25) is 0 Å². The van der Waals surface area contributed by atoms with Gasteiger partial charge in [-0.05, 0) is 18.9 Å². The number of nitrogens with zero attached hydrogens (tertiary/aromatic N) is 5. The van der Waals surface area contributed by atoms with E-state index >= 15 is 0 Å². The van der Waals surface area contributed by atoms with Gasteiger partial charge < -0.3 is 15.2 Å². The molecule has 1 saturated heterocycles. The van der Waals surface area contributed by atoms with Crippen LogP contribution >= 0.6 is 0 Å². The van der Waals surface area contributed by atoms with Crippen molar-refractivity contribution >= 4 is 11.8 Å². The Morgan fingerprint density at radius 2 is 2.06 bits per heavy atom. The molecule has 0 spiro atoms. The van der Waals surface area contributed by atoms with Gasteiger partial charge in [0.1, 0.15) is 5.82 Å². The van der Waals surface area contributed by atoms with E-state index in [4.69, 9.17) is 5.73 Å². The van der Waals surface area contributed by atoms with E-state index in [1.165, 1.54) is 0 Å². The molecule has 0 radical (unpaired) electrons. The zero-order valence-electron chi connectivity index (χ0n) is 10.1. The average Bonchev–Trinajstić information content (AvgIpc) is 2.93. The number of anilines is 2. The lowest BCUT2D eigenvalue weighted by Crippen LogP contribution is -2.35. The summed E-state index contributed by atoms with van der Waals surface area (Å²) in [7, 11) is 0. The van der Waals surface area contributed by atoms with Gasteiger partial charge in [-0.2, -0.15) is 4.98 Å². The number of nitrogen functional groups attached to an aromatic ring is 1. The molecule has 18 heavy (non-hydrogen) atoms. The highest BCUT2D eigenvalue weighted by atomic mass is 15.3. The first-order chi connectivity index (χ1) is 8.83. The van der Waals surface area contributed by atoms with E-state index in [1.807, 2.05) is 18.7 Å². The number of aromatic nitrogens is 4. The molecule has 6 heteroatoms. The Balaban J connectivity index is 1.67. The summed E-state index contributed by atoms with van der Waals surface area (Å²) in [6.07, 6.45) is 9.60. The molecule has 0 atom stereocenters. The van der Waals surface area contributed by atoms with Crippen molar-refractivity contribution in [3.8, 4) is 0 Å². The van der Waals surface area contributed by atoms with Gasteiger partial charge in [0, 0.05) is 37.7 Å². The number of hydrogen-bond acceptors (Lipinski definition) is 5. The molecular weight excluding hydrogens is 228 g/mol. The minimum absolute atomic E-state index is 0.525. The van der Waals surface area contributed by atoms with E-state index in [2.05, 4.69) is 24.4 Å². The molecule has 3 heterocycles. The second-order valence-electron chi connectivity index (χ2n) is 4.51. The molecule has 1 aliphatic heterocycles. The zero-order valence-corrected chi connectivity index (χ0v) is 10.1. The van der Waals surface area contributed by atoms with Crippen LogP contribution in [-0.4, -0.2) is 32.6 Å². The zero-order chi connectivity index (χ0) is 12.4. The van der Waals surface area contributed by atoms with Crippen LogP contribution in [0, 0.1) is 0 Å². The van der Waals surface area contributed by atoms with E-state index in [9.17, 15) is 0 Å². The Morgan fingerprint density at radius 1 is 1.22 bits per heavy atom. The number of hydrogen-bond donors (Lipinski definition) is 1. The van der Waals surface area contributed by atoms with Gasteiger partial charge in [-0.1, -0.05) is 0 Å². The molecule has 94 valence electrons. The molecule has 0 saturated carbocycles. The van der Waals surface area contributed by atoms with Crippen molar-refractivity contribution in [1.29, 1.82) is 0 Å². The summed E-state index contributed by atoms with van der Waals surface area (Å²) >= 11 is 0. The van der Waals surface area contributed by atoms with Crippen LogP contribution in [0.3, 0.4) is 0 Å². The highest BCUT2D eigenvalue weighted by Gasteiger charge is 2.21. The molecule has 2 N–H and O–H groups in total. The summed E-state index contributed by atoms with van der Waals surface area (Å²) in [5.74, 6) is 1.26. The summed E-state index contributed by atoms with van der Waals surface area (Å²) in [4.78, 5) is 14.8. The van der Waals surface area contributed by atoms with Crippen molar-refractivity contribution in [3.63, 3.8) is 0 Å². The van der Waals surface area contributed by atoms with Crippen molar-refractivity contribution < 1.29 is 0 Å². The Hall–Kier alpha value is -2.11. The van der Waals surface area contributed by atoms with Gasteiger partial charge in [-0.3, -0.25) is 0 Å². The first kappa shape index (κ1) is 11.0. The summed E-state index contributed by atoms with van der Waals surface area (Å²) in [5.41, 5.74) is 5.68. The Labute approximate surface area is 105 Å². The highest BCUT2D eigenvalue weighted by molar-refractivity contribution is 5.37. The molecule has 6 nitrogen and oxygen atoms in total. The second-order valence-corrected chi connectivity index (χ2v) is 4.51. The van der Waals surface area contributed by atoms with Crippen molar-refractivity contribution in [2.24, 2.45) is 0 Å². The summed E-state index contributed by atoms with van der Waals surface area (Å²) < 4.78 is 2.18. The lowest BCUT2D eigenvalue weighted by Gasteiger charge is -2.32. The van der Waals surface area contributed by atoms with E-state index in [0.717, 1.165) is 31.9 Å². The summed E-state index contributed by atoms with van der Waals surface area (Å²) in [6.45, 7) is 1.90. The van der Waals surface area contributed by atoms with E-state index in [0.29, 0.717) is 11.9 Å². The molecule has 1 aliphatic rings. The molecule has 0 bridgehead atoms. The summed E-state index contributed by atoms with van der Waals surface area (Å²) in [5, 5.41) is 0. The van der Waals surface area contributed by atoms with Gasteiger partial charge in [0.05, 0.1) is 6.33 Å². The fourth-order valence-corrected chi connectivity index (χ4v) is 2.36. The first-order valence-electron chi connectivity index (χ1n) is 6.14. The minimum atomic E-state index is 0.525. The van der Waals surface area contributed by atoms with Crippen molar-refractivity contribution in [2.45, 2.75) is 18.9 Å². The number of piperidine rings is 1. The number of nitrogens with two attached hydrogens (primary N) is 1. The van der Waals surface area contributed by atoms with Crippen molar-refractivity contribution in [1.82, 2.24) is 19.5 Å². The van der Waals surface area contributed by atoms with Crippen LogP contribution in [0.5, 0.6) is 0 Å². The van der Waals surface area contributed by atoms with Gasteiger partial charge in [0.25, 0.3) is 0 Å². The summed E-state index contributed by atoms with van der Waals surface area (Å²) in [6, 6.07) is 2.24. The normalized spacial score (nSPS) is 17.0. The number of imidazole rings is 1. The van der Waals surface area contributed by atoms with E-state index in [-0.39, 0.29) is 0 Å². The predicted octanol–water partition coefficient (Wildman–Crippen LogP) is 1.10. The van der Waals surface area contributed by atoms with Gasteiger partial charge >= 0.3 is 0 Å². The van der Waals surface area contributed by atoms with Gasteiger partial charge in [-0.15, -0.1) is 0 Å². The quantitative estimate of drug-likeness (QED) is 0.856. The van der Waals surface area contributed by atoms with Crippen LogP contribution in [0.4, 0.5) is 11.8 Å². The van der Waals surface area contributed by atoms with Gasteiger partial charge in [-0.25, -0.2) is 9.97 Å². The van der Waals surface area contributed by atoms with Gasteiger partial charge in [0.2, 0.25) is 5.95 Å². The smallest absolute Gasteiger partial charge is 0.227 e. The predicted molar refractivity (Wildman–Crippen MR) is 69.2 cm³/mol. The van der Waals surface area contributed by atoms with Crippen LogP contribution in [-0.2, 0) is 0 Å². The second kappa shape index (κ2) is 4.64. The fourth-order valence-electron chi connectivity index (χ4n) is 2.36. The molecule has 2 aromatic heterocycles. The third kappa shape index (κ3) is 2.13. The molecule has 0 aromatic carbocycles. The molecule has 0 aliphatic carbocycles. The molecule has 0 unspecified atom stereocenters. The fraction of sp³-hybridized carbons (Fsp3) is 0.417. The monoisotopic (exact) mass is 244 g/mol. The Bertz CT molecular complexity index is 501. The highest BCUT2D eigenvalue weighted by Crippen LogP contribution is 2.24. The molecule has 2 aromatic rings.